The first-order valence-corrected chi connectivity index (χ1v) is 8.57. The molecule has 0 aliphatic carbocycles. The van der Waals surface area contributed by atoms with Crippen molar-refractivity contribution in [1.82, 2.24) is 9.80 Å². The molecule has 1 saturated heterocycles. The summed E-state index contributed by atoms with van der Waals surface area (Å²) in [6, 6.07) is 15.9. The van der Waals surface area contributed by atoms with Gasteiger partial charge in [0.1, 0.15) is 6.04 Å². The van der Waals surface area contributed by atoms with Gasteiger partial charge < -0.3 is 10.6 Å². The van der Waals surface area contributed by atoms with Crippen LogP contribution in [-0.4, -0.2) is 47.8 Å². The molecule has 0 radical (unpaired) electrons. The number of halogens is 1. The van der Waals surface area contributed by atoms with Gasteiger partial charge in [0.05, 0.1) is 0 Å². The van der Waals surface area contributed by atoms with Crippen molar-refractivity contribution in [2.45, 2.75) is 6.04 Å². The van der Waals surface area contributed by atoms with E-state index in [4.69, 9.17) is 17.3 Å². The Morgan fingerprint density at radius 3 is 2.08 bits per heavy atom. The molecule has 0 spiro atoms. The van der Waals surface area contributed by atoms with E-state index in [0.717, 1.165) is 5.56 Å². The van der Waals surface area contributed by atoms with E-state index in [0.29, 0.717) is 36.8 Å². The van der Waals surface area contributed by atoms with Gasteiger partial charge in [0.2, 0.25) is 5.91 Å². The first kappa shape index (κ1) is 17.5. The molecule has 0 aromatic heterocycles. The van der Waals surface area contributed by atoms with Crippen LogP contribution in [0.25, 0.3) is 0 Å². The average Bonchev–Trinajstić information content (AvgIpc) is 2.64. The zero-order chi connectivity index (χ0) is 17.8. The number of amides is 2. The molecule has 1 aliphatic rings. The van der Waals surface area contributed by atoms with Crippen LogP contribution >= 0.6 is 11.6 Å². The fraction of sp³-hybridized carbons (Fsp3) is 0.263. The second-order valence-corrected chi connectivity index (χ2v) is 6.49. The molecular formula is C19H20ClN3O2. The molecule has 1 fully saturated rings. The van der Waals surface area contributed by atoms with Crippen molar-refractivity contribution in [2.24, 2.45) is 5.73 Å². The van der Waals surface area contributed by atoms with Gasteiger partial charge >= 0.3 is 0 Å². The highest BCUT2D eigenvalue weighted by Gasteiger charge is 2.30. The van der Waals surface area contributed by atoms with Crippen LogP contribution < -0.4 is 5.73 Å². The van der Waals surface area contributed by atoms with E-state index in [9.17, 15) is 9.59 Å². The molecule has 2 N–H and O–H groups in total. The second kappa shape index (κ2) is 7.68. The van der Waals surface area contributed by atoms with Crippen molar-refractivity contribution in [3.8, 4) is 0 Å². The Morgan fingerprint density at radius 2 is 1.52 bits per heavy atom. The normalized spacial score (nSPS) is 16.4. The Labute approximate surface area is 152 Å². The zero-order valence-corrected chi connectivity index (χ0v) is 14.5. The number of primary amides is 1. The Kier molecular flexibility index (Phi) is 5.36. The van der Waals surface area contributed by atoms with Gasteiger partial charge in [-0.25, -0.2) is 0 Å². The maximum absolute atomic E-state index is 12.5. The summed E-state index contributed by atoms with van der Waals surface area (Å²) in [6.45, 7) is 2.31. The van der Waals surface area contributed by atoms with Crippen LogP contribution in [0.4, 0.5) is 0 Å². The van der Waals surface area contributed by atoms with E-state index in [1.807, 2.05) is 52.3 Å². The summed E-state index contributed by atoms with van der Waals surface area (Å²) >= 11 is 5.92. The van der Waals surface area contributed by atoms with Gasteiger partial charge in [-0.15, -0.1) is 0 Å². The van der Waals surface area contributed by atoms with Gasteiger partial charge in [0, 0.05) is 36.8 Å². The molecule has 1 atom stereocenters. The van der Waals surface area contributed by atoms with Crippen molar-refractivity contribution in [1.29, 1.82) is 0 Å². The molecule has 0 bridgehead atoms. The monoisotopic (exact) mass is 357 g/mol. The number of rotatable bonds is 4. The van der Waals surface area contributed by atoms with E-state index in [1.54, 1.807) is 12.1 Å². The third kappa shape index (κ3) is 4.00. The van der Waals surface area contributed by atoms with Crippen LogP contribution in [0.3, 0.4) is 0 Å². The summed E-state index contributed by atoms with van der Waals surface area (Å²) in [5, 5.41) is 0.616. The topological polar surface area (TPSA) is 66.6 Å². The molecule has 6 heteroatoms. The lowest BCUT2D eigenvalue weighted by Crippen LogP contribution is -2.51. The quantitative estimate of drug-likeness (QED) is 0.913. The third-order valence-corrected chi connectivity index (χ3v) is 4.69. The molecule has 5 nitrogen and oxygen atoms in total. The Morgan fingerprint density at radius 1 is 0.920 bits per heavy atom. The van der Waals surface area contributed by atoms with Gasteiger partial charge in [0.25, 0.3) is 5.91 Å². The van der Waals surface area contributed by atoms with E-state index < -0.39 is 11.9 Å². The number of carbonyl (C=O) groups excluding carboxylic acids is 2. The molecule has 0 saturated carbocycles. The number of hydrogen-bond donors (Lipinski definition) is 1. The average molecular weight is 358 g/mol. The number of carbonyl (C=O) groups is 2. The summed E-state index contributed by atoms with van der Waals surface area (Å²) in [7, 11) is 0. The molecule has 0 unspecified atom stereocenters. The lowest BCUT2D eigenvalue weighted by Gasteiger charge is -2.38. The van der Waals surface area contributed by atoms with Crippen molar-refractivity contribution in [3.05, 3.63) is 70.7 Å². The molecule has 1 aliphatic heterocycles. The minimum absolute atomic E-state index is 0.0161. The first-order valence-electron chi connectivity index (χ1n) is 8.19. The Hall–Kier alpha value is -2.37. The highest BCUT2D eigenvalue weighted by atomic mass is 35.5. The molecule has 25 heavy (non-hydrogen) atoms. The van der Waals surface area contributed by atoms with E-state index in [-0.39, 0.29) is 5.91 Å². The second-order valence-electron chi connectivity index (χ2n) is 6.05. The maximum atomic E-state index is 12.5. The number of hydrogen-bond acceptors (Lipinski definition) is 3. The molecule has 2 amide bonds. The lowest BCUT2D eigenvalue weighted by molar-refractivity contribution is -0.124. The minimum atomic E-state index is -0.508. The predicted molar refractivity (Wildman–Crippen MR) is 97.3 cm³/mol. The Bertz CT molecular complexity index is 741. The number of nitrogens with zero attached hydrogens (tertiary/aromatic N) is 2. The third-order valence-electron chi connectivity index (χ3n) is 4.44. The molecule has 1 heterocycles. The Balaban J connectivity index is 1.68. The van der Waals surface area contributed by atoms with Crippen molar-refractivity contribution < 1.29 is 9.59 Å². The van der Waals surface area contributed by atoms with E-state index >= 15 is 0 Å². The standard InChI is InChI=1S/C19H20ClN3O2/c20-16-8-6-14(7-9-16)17(18(21)24)22-10-12-23(13-11-22)19(25)15-4-2-1-3-5-15/h1-9,17H,10-13H2,(H2,21,24)/t17-/m1/s1. The van der Waals surface area contributed by atoms with Crippen LogP contribution in [0.5, 0.6) is 0 Å². The van der Waals surface area contributed by atoms with Gasteiger partial charge in [-0.2, -0.15) is 0 Å². The molecule has 3 rings (SSSR count). The molecule has 2 aromatic carbocycles. The zero-order valence-electron chi connectivity index (χ0n) is 13.8. The number of nitrogens with two attached hydrogens (primary N) is 1. The largest absolute Gasteiger partial charge is 0.368 e. The minimum Gasteiger partial charge on any atom is -0.368 e. The smallest absolute Gasteiger partial charge is 0.253 e. The first-order chi connectivity index (χ1) is 12.1. The van der Waals surface area contributed by atoms with Gasteiger partial charge in [-0.1, -0.05) is 41.9 Å². The lowest BCUT2D eigenvalue weighted by atomic mass is 10.0. The SMILES string of the molecule is NC(=O)[C@@H](c1ccc(Cl)cc1)N1CCN(C(=O)c2ccccc2)CC1. The summed E-state index contributed by atoms with van der Waals surface area (Å²) in [5.74, 6) is -0.382. The summed E-state index contributed by atoms with van der Waals surface area (Å²) < 4.78 is 0. The fourth-order valence-electron chi connectivity index (χ4n) is 3.15. The van der Waals surface area contributed by atoms with Gasteiger partial charge in [-0.05, 0) is 29.8 Å². The van der Waals surface area contributed by atoms with Crippen LogP contribution in [0.15, 0.2) is 54.6 Å². The van der Waals surface area contributed by atoms with Crippen LogP contribution in [0.2, 0.25) is 5.02 Å². The van der Waals surface area contributed by atoms with Gasteiger partial charge in [0.15, 0.2) is 0 Å². The van der Waals surface area contributed by atoms with E-state index in [1.165, 1.54) is 0 Å². The summed E-state index contributed by atoms with van der Waals surface area (Å²) in [4.78, 5) is 28.3. The fourth-order valence-corrected chi connectivity index (χ4v) is 3.27. The highest BCUT2D eigenvalue weighted by Crippen LogP contribution is 2.24. The summed E-state index contributed by atoms with van der Waals surface area (Å²) in [6.07, 6.45) is 0. The predicted octanol–water partition coefficient (Wildman–Crippen LogP) is 2.32. The van der Waals surface area contributed by atoms with Gasteiger partial charge in [-0.3, -0.25) is 14.5 Å². The van der Waals surface area contributed by atoms with Crippen molar-refractivity contribution in [2.75, 3.05) is 26.2 Å². The molecular weight excluding hydrogens is 338 g/mol. The van der Waals surface area contributed by atoms with Crippen LogP contribution in [-0.2, 0) is 4.79 Å². The van der Waals surface area contributed by atoms with Crippen LogP contribution in [0, 0.1) is 0 Å². The van der Waals surface area contributed by atoms with E-state index in [2.05, 4.69) is 0 Å². The maximum Gasteiger partial charge on any atom is 0.253 e. The highest BCUT2D eigenvalue weighted by molar-refractivity contribution is 6.30. The molecule has 130 valence electrons. The van der Waals surface area contributed by atoms with Crippen molar-refractivity contribution in [3.63, 3.8) is 0 Å². The molecule has 2 aromatic rings. The number of benzene rings is 2. The number of piperazine rings is 1. The van der Waals surface area contributed by atoms with Crippen LogP contribution in [0.1, 0.15) is 22.0 Å². The van der Waals surface area contributed by atoms with Crippen molar-refractivity contribution >= 4 is 23.4 Å². The summed E-state index contributed by atoms with van der Waals surface area (Å²) in [5.41, 5.74) is 7.13.